The maximum absolute atomic E-state index is 13.2. The van der Waals surface area contributed by atoms with E-state index in [0.717, 1.165) is 25.7 Å². The van der Waals surface area contributed by atoms with Crippen LogP contribution in [-0.4, -0.2) is 83.3 Å². The van der Waals surface area contributed by atoms with Gasteiger partial charge in [0.1, 0.15) is 30.5 Å². The van der Waals surface area contributed by atoms with Gasteiger partial charge in [-0.3, -0.25) is 19.2 Å². The van der Waals surface area contributed by atoms with Gasteiger partial charge >= 0.3 is 29.8 Å². The Labute approximate surface area is 270 Å². The molecule has 256 valence electrons. The highest BCUT2D eigenvalue weighted by molar-refractivity contribution is 5.92. The van der Waals surface area contributed by atoms with Gasteiger partial charge in [-0.1, -0.05) is 39.5 Å². The van der Waals surface area contributed by atoms with Crippen LogP contribution in [-0.2, 0) is 52.4 Å². The summed E-state index contributed by atoms with van der Waals surface area (Å²) < 4.78 is 35.7. The average Bonchev–Trinajstić information content (AvgIpc) is 3.53. The quantitative estimate of drug-likeness (QED) is 0.120. The number of aliphatic hydroxyl groups is 1. The summed E-state index contributed by atoms with van der Waals surface area (Å²) >= 11 is 0. The molecule has 1 saturated carbocycles. The summed E-state index contributed by atoms with van der Waals surface area (Å²) in [6.07, 6.45) is -1.75. The molecule has 4 aliphatic rings. The maximum atomic E-state index is 13.2. The van der Waals surface area contributed by atoms with E-state index >= 15 is 0 Å². The van der Waals surface area contributed by atoms with Crippen LogP contribution in [0.25, 0.3) is 0 Å². The first-order valence-corrected chi connectivity index (χ1v) is 16.2. The van der Waals surface area contributed by atoms with Crippen LogP contribution in [0.2, 0.25) is 0 Å². The second-order valence-electron chi connectivity index (χ2n) is 13.4. The van der Waals surface area contributed by atoms with Crippen LogP contribution in [0.4, 0.5) is 0 Å². The molecule has 2 heterocycles. The van der Waals surface area contributed by atoms with Crippen molar-refractivity contribution in [1.29, 1.82) is 0 Å². The molecule has 0 bridgehead atoms. The van der Waals surface area contributed by atoms with Gasteiger partial charge in [-0.15, -0.1) is 0 Å². The first kappa shape index (κ1) is 35.6. The summed E-state index contributed by atoms with van der Waals surface area (Å²) in [6.45, 7) is 12.4. The van der Waals surface area contributed by atoms with Crippen LogP contribution in [0.3, 0.4) is 0 Å². The van der Waals surface area contributed by atoms with Crippen LogP contribution in [0.5, 0.6) is 0 Å². The highest BCUT2D eigenvalue weighted by Crippen LogP contribution is 2.64. The molecule has 12 heteroatoms. The van der Waals surface area contributed by atoms with Crippen molar-refractivity contribution in [1.82, 2.24) is 0 Å². The number of carbonyl (C=O) groups is 5. The Hall–Kier alpha value is -3.25. The third-order valence-corrected chi connectivity index (χ3v) is 10.0. The smallest absolute Gasteiger partial charge is 0.334 e. The molecule has 0 aromatic heterocycles. The monoisotopic (exact) mass is 648 g/mol. The highest BCUT2D eigenvalue weighted by Gasteiger charge is 2.75. The van der Waals surface area contributed by atoms with Gasteiger partial charge in [-0.05, 0) is 38.8 Å². The minimum Gasteiger partial charge on any atom is -0.462 e. The molecule has 0 aromatic carbocycles. The number of hydrogen-bond donors (Lipinski definition) is 1. The molecule has 2 aliphatic heterocycles. The molecule has 1 N–H and O–H groups in total. The standard InChI is InChI=1S/C34H48O12/c1-9-10-11-12-13-14-25(38)45-28-17(2)15-22-26(18(3)32(40)44-22)29(42-20(5)36)30-33(7,31(27(28)39)43-21(6)37)23(41-19(4)35)16-24-34(30,8)46-24/h15,22-24,27-31,39H,9-14,16H2,1-8H3/b17-15-/t22-,23-,24-,27+,28?,29?,30+,31-,33-,34-/m0/s1. The summed E-state index contributed by atoms with van der Waals surface area (Å²) in [5, 5.41) is 12.2. The molecule has 2 unspecified atom stereocenters. The van der Waals surface area contributed by atoms with Gasteiger partial charge < -0.3 is 33.5 Å². The highest BCUT2D eigenvalue weighted by atomic mass is 16.6. The van der Waals surface area contributed by atoms with Gasteiger partial charge in [0.15, 0.2) is 6.10 Å². The predicted octanol–water partition coefficient (Wildman–Crippen LogP) is 3.80. The second kappa shape index (κ2) is 13.9. The molecule has 10 atom stereocenters. The molecule has 12 nitrogen and oxygen atoms in total. The number of hydrogen-bond acceptors (Lipinski definition) is 12. The number of fused-ring (bicyclic) bond motifs is 4. The molecular weight excluding hydrogens is 600 g/mol. The zero-order chi connectivity index (χ0) is 34.1. The molecule has 0 radical (unpaired) electrons. The molecule has 0 amide bonds. The lowest BCUT2D eigenvalue weighted by molar-refractivity contribution is -0.223. The van der Waals surface area contributed by atoms with E-state index in [4.69, 9.17) is 28.4 Å². The zero-order valence-electron chi connectivity index (χ0n) is 28.1. The third-order valence-electron chi connectivity index (χ3n) is 10.0. The molecule has 0 aromatic rings. The molecule has 2 aliphatic carbocycles. The van der Waals surface area contributed by atoms with E-state index in [0.29, 0.717) is 17.6 Å². The van der Waals surface area contributed by atoms with E-state index in [1.165, 1.54) is 20.8 Å². The molecule has 4 rings (SSSR count). The lowest BCUT2D eigenvalue weighted by Gasteiger charge is -2.54. The Kier molecular flexibility index (Phi) is 10.7. The van der Waals surface area contributed by atoms with E-state index in [9.17, 15) is 29.1 Å². The Bertz CT molecular complexity index is 1300. The third kappa shape index (κ3) is 6.88. The van der Waals surface area contributed by atoms with E-state index in [1.54, 1.807) is 26.8 Å². The molecule has 2 fully saturated rings. The fraction of sp³-hybridized carbons (Fsp3) is 0.735. The number of rotatable bonds is 10. The normalized spacial score (nSPS) is 37.8. The van der Waals surface area contributed by atoms with Gasteiger partial charge in [0.05, 0.1) is 17.1 Å². The summed E-state index contributed by atoms with van der Waals surface area (Å²) in [4.78, 5) is 64.2. The van der Waals surface area contributed by atoms with Crippen molar-refractivity contribution in [3.05, 3.63) is 22.8 Å². The number of epoxide rings is 1. The van der Waals surface area contributed by atoms with Crippen LogP contribution < -0.4 is 0 Å². The predicted molar refractivity (Wildman–Crippen MR) is 162 cm³/mol. The molecule has 46 heavy (non-hydrogen) atoms. The SMILES string of the molecule is CCCCCCCC(=O)OC1/C(C)=C\[C@@H]2OC(=O)C(C)=C2C(OC(C)=O)[C@H]2[C@@]3(C)O[C@H]3C[C@H](OC(C)=O)[C@]2(C)[C@@H](OC(C)=O)[C@@H]1O. The lowest BCUT2D eigenvalue weighted by Crippen LogP contribution is -2.66. The minimum atomic E-state index is -1.67. The van der Waals surface area contributed by atoms with Crippen molar-refractivity contribution in [2.45, 2.75) is 149 Å². The van der Waals surface area contributed by atoms with Crippen LogP contribution in [0.15, 0.2) is 22.8 Å². The summed E-state index contributed by atoms with van der Waals surface area (Å²) in [7, 11) is 0. The van der Waals surface area contributed by atoms with E-state index in [1.807, 2.05) is 6.92 Å². The van der Waals surface area contributed by atoms with Gasteiger partial charge in [0.2, 0.25) is 0 Å². The van der Waals surface area contributed by atoms with Gasteiger partial charge in [0, 0.05) is 50.7 Å². The van der Waals surface area contributed by atoms with Crippen molar-refractivity contribution >= 4 is 29.8 Å². The zero-order valence-corrected chi connectivity index (χ0v) is 28.1. The fourth-order valence-electron chi connectivity index (χ4n) is 7.79. The first-order valence-electron chi connectivity index (χ1n) is 16.2. The number of aliphatic hydroxyl groups excluding tert-OH is 1. The minimum absolute atomic E-state index is 0.110. The number of ether oxygens (including phenoxy) is 6. The molecule has 0 spiro atoms. The maximum Gasteiger partial charge on any atom is 0.334 e. The van der Waals surface area contributed by atoms with Gasteiger partial charge in [-0.2, -0.15) is 0 Å². The largest absolute Gasteiger partial charge is 0.462 e. The lowest BCUT2D eigenvalue weighted by atomic mass is 9.54. The van der Waals surface area contributed by atoms with Crippen molar-refractivity contribution in [2.24, 2.45) is 11.3 Å². The fourth-order valence-corrected chi connectivity index (χ4v) is 7.79. The Morgan fingerprint density at radius 2 is 1.54 bits per heavy atom. The van der Waals surface area contributed by atoms with Crippen molar-refractivity contribution in [3.8, 4) is 0 Å². The molecular formula is C34H48O12. The van der Waals surface area contributed by atoms with Crippen molar-refractivity contribution in [3.63, 3.8) is 0 Å². The van der Waals surface area contributed by atoms with Crippen molar-refractivity contribution in [2.75, 3.05) is 0 Å². The van der Waals surface area contributed by atoms with E-state index in [2.05, 4.69) is 6.92 Å². The number of unbranched alkanes of at least 4 members (excludes halogenated alkanes) is 4. The second-order valence-corrected chi connectivity index (χ2v) is 13.4. The van der Waals surface area contributed by atoms with E-state index in [-0.39, 0.29) is 18.4 Å². The Morgan fingerprint density at radius 3 is 2.15 bits per heavy atom. The van der Waals surface area contributed by atoms with E-state index < -0.39 is 89.5 Å². The van der Waals surface area contributed by atoms with Gasteiger partial charge in [-0.25, -0.2) is 4.79 Å². The summed E-state index contributed by atoms with van der Waals surface area (Å²) in [5.74, 6) is -4.15. The number of carbonyl (C=O) groups excluding carboxylic acids is 5. The Morgan fingerprint density at radius 1 is 0.913 bits per heavy atom. The topological polar surface area (TPSA) is 164 Å². The number of esters is 5. The summed E-state index contributed by atoms with van der Waals surface area (Å²) in [5.41, 5.74) is -1.65. The summed E-state index contributed by atoms with van der Waals surface area (Å²) in [6, 6.07) is 0. The van der Waals surface area contributed by atoms with Crippen LogP contribution >= 0.6 is 0 Å². The van der Waals surface area contributed by atoms with Crippen LogP contribution in [0, 0.1) is 11.3 Å². The van der Waals surface area contributed by atoms with Crippen molar-refractivity contribution < 1.29 is 57.5 Å². The van der Waals surface area contributed by atoms with Crippen LogP contribution in [0.1, 0.15) is 100 Å². The Balaban J connectivity index is 1.93. The van der Waals surface area contributed by atoms with Gasteiger partial charge in [0.25, 0.3) is 0 Å². The first-order chi connectivity index (χ1) is 21.6. The molecule has 1 saturated heterocycles. The average molecular weight is 649 g/mol.